The molecule has 179 valence electrons. The minimum Gasteiger partial charge on any atom is -0.487 e. The number of hydrogen-bond donors (Lipinski definition) is 1. The van der Waals surface area contributed by atoms with Gasteiger partial charge >= 0.3 is 7.41 Å². The number of nitrogens with zero attached hydrogens (tertiary/aromatic N) is 5. The molecule has 0 atom stereocenters. The Balaban J connectivity index is 1.58. The summed E-state index contributed by atoms with van der Waals surface area (Å²) in [5, 5.41) is 10.3. The van der Waals surface area contributed by atoms with E-state index in [-0.39, 0.29) is 12.3 Å². The van der Waals surface area contributed by atoms with Crippen LogP contribution in [0.15, 0.2) is 59.3 Å². The van der Waals surface area contributed by atoms with Crippen molar-refractivity contribution in [1.82, 2.24) is 19.9 Å². The maximum Gasteiger partial charge on any atom is 0.308 e. The third-order valence-corrected chi connectivity index (χ3v) is 5.70. The zero-order valence-corrected chi connectivity index (χ0v) is 20.9. The first-order valence-corrected chi connectivity index (χ1v) is 11.4. The van der Waals surface area contributed by atoms with Crippen LogP contribution in [0.5, 0.6) is 0 Å². The summed E-state index contributed by atoms with van der Waals surface area (Å²) in [6, 6.07) is 5.07. The van der Waals surface area contributed by atoms with Crippen molar-refractivity contribution in [1.29, 1.82) is 0 Å². The van der Waals surface area contributed by atoms with Gasteiger partial charge in [-0.3, -0.25) is 9.97 Å². The standard InChI is InChI=1S/C25H25BClFN5O2/c1-14-8-17(28)20(30-11-14)13-35-22-9-16(3)33(26-23(22)27)21-10-19(31-12-15(21)2)18-6-7-29-24(32-18)25(4,5)34/h6-12,34H,13H2,1-5H3. The van der Waals surface area contributed by atoms with Gasteiger partial charge in [0.1, 0.15) is 29.5 Å². The predicted molar refractivity (Wildman–Crippen MR) is 134 cm³/mol. The van der Waals surface area contributed by atoms with Crippen molar-refractivity contribution in [2.45, 2.75) is 46.8 Å². The maximum absolute atomic E-state index is 14.1. The van der Waals surface area contributed by atoms with E-state index in [9.17, 15) is 9.50 Å². The normalized spacial score (nSPS) is 14.1. The molecular weight excluding hydrogens is 468 g/mol. The van der Waals surface area contributed by atoms with Gasteiger partial charge in [-0.05, 0) is 70.0 Å². The summed E-state index contributed by atoms with van der Waals surface area (Å²) in [6.45, 7) is 8.88. The van der Waals surface area contributed by atoms with E-state index in [4.69, 9.17) is 16.3 Å². The smallest absolute Gasteiger partial charge is 0.308 e. The fraction of sp³-hybridized carbons (Fsp3) is 0.280. The molecule has 10 heteroatoms. The molecular formula is C25H25BClFN5O2. The van der Waals surface area contributed by atoms with Gasteiger partial charge in [0.05, 0.1) is 11.4 Å². The number of aryl methyl sites for hydroxylation is 2. The van der Waals surface area contributed by atoms with E-state index in [0.29, 0.717) is 27.9 Å². The highest BCUT2D eigenvalue weighted by Crippen LogP contribution is 2.32. The number of aromatic nitrogens is 4. The van der Waals surface area contributed by atoms with Crippen LogP contribution in [0.4, 0.5) is 10.1 Å². The Morgan fingerprint density at radius 1 is 1.11 bits per heavy atom. The lowest BCUT2D eigenvalue weighted by Crippen LogP contribution is -2.30. The van der Waals surface area contributed by atoms with Crippen LogP contribution in [-0.4, -0.2) is 32.5 Å². The van der Waals surface area contributed by atoms with Crippen molar-refractivity contribution in [2.24, 2.45) is 0 Å². The second-order valence-corrected chi connectivity index (χ2v) is 9.31. The number of aliphatic hydroxyl groups is 1. The van der Waals surface area contributed by atoms with Crippen molar-refractivity contribution in [2.75, 3.05) is 4.81 Å². The number of pyridine rings is 2. The molecule has 0 spiro atoms. The molecule has 1 aliphatic heterocycles. The van der Waals surface area contributed by atoms with Crippen LogP contribution < -0.4 is 4.81 Å². The zero-order chi connectivity index (χ0) is 25.3. The van der Waals surface area contributed by atoms with Crippen LogP contribution in [0.2, 0.25) is 0 Å². The Hall–Kier alpha value is -3.30. The highest BCUT2D eigenvalue weighted by atomic mass is 35.5. The lowest BCUT2D eigenvalue weighted by molar-refractivity contribution is 0.0688. The summed E-state index contributed by atoms with van der Waals surface area (Å²) < 4.78 is 19.9. The summed E-state index contributed by atoms with van der Waals surface area (Å²) in [6.07, 6.45) is 6.75. The third kappa shape index (κ3) is 5.52. The Labute approximate surface area is 209 Å². The second kappa shape index (κ2) is 9.75. The van der Waals surface area contributed by atoms with Crippen LogP contribution in [-0.2, 0) is 16.9 Å². The first kappa shape index (κ1) is 24.8. The minimum absolute atomic E-state index is 0.0367. The molecule has 0 bridgehead atoms. The Kier molecular flexibility index (Phi) is 6.92. The van der Waals surface area contributed by atoms with Gasteiger partial charge in [0.15, 0.2) is 5.82 Å². The van der Waals surface area contributed by atoms with Crippen LogP contribution in [0.3, 0.4) is 0 Å². The van der Waals surface area contributed by atoms with Gasteiger partial charge in [0.2, 0.25) is 0 Å². The molecule has 0 amide bonds. The number of ether oxygens (including phenoxy) is 1. The van der Waals surface area contributed by atoms with E-state index in [0.717, 1.165) is 22.5 Å². The number of anilines is 1. The Bertz CT molecular complexity index is 1340. The van der Waals surface area contributed by atoms with Crippen molar-refractivity contribution in [3.8, 4) is 11.4 Å². The highest BCUT2D eigenvalue weighted by Gasteiger charge is 2.24. The zero-order valence-electron chi connectivity index (χ0n) is 20.2. The molecule has 7 nitrogen and oxygen atoms in total. The predicted octanol–water partition coefficient (Wildman–Crippen LogP) is 4.88. The highest BCUT2D eigenvalue weighted by molar-refractivity contribution is 6.67. The Morgan fingerprint density at radius 3 is 2.60 bits per heavy atom. The average molecular weight is 493 g/mol. The lowest BCUT2D eigenvalue weighted by Gasteiger charge is -2.30. The maximum atomic E-state index is 14.1. The first-order chi connectivity index (χ1) is 16.5. The average Bonchev–Trinajstić information content (AvgIpc) is 2.80. The molecule has 3 aromatic heterocycles. The lowest BCUT2D eigenvalue weighted by atomic mass is 9.84. The van der Waals surface area contributed by atoms with E-state index in [2.05, 4.69) is 19.9 Å². The van der Waals surface area contributed by atoms with E-state index in [1.165, 1.54) is 6.07 Å². The van der Waals surface area contributed by atoms with Crippen LogP contribution >= 0.6 is 11.6 Å². The molecule has 0 aliphatic carbocycles. The SMILES string of the molecule is CC1=CC(OCc2ncc(C)cc2F)=C(Cl)[B]N1c1cc(-c2ccnc(C(C)(C)O)n2)ncc1C. The minimum atomic E-state index is -1.17. The molecule has 35 heavy (non-hydrogen) atoms. The van der Waals surface area contributed by atoms with Gasteiger partial charge < -0.3 is 14.7 Å². The van der Waals surface area contributed by atoms with Gasteiger partial charge in [0.25, 0.3) is 0 Å². The summed E-state index contributed by atoms with van der Waals surface area (Å²) in [5.74, 6) is 0.327. The van der Waals surface area contributed by atoms with E-state index in [1.807, 2.05) is 24.7 Å². The monoisotopic (exact) mass is 492 g/mol. The van der Waals surface area contributed by atoms with E-state index >= 15 is 0 Å². The molecule has 1 N–H and O–H groups in total. The van der Waals surface area contributed by atoms with Crippen LogP contribution in [0.1, 0.15) is 43.4 Å². The molecule has 1 aliphatic rings. The Morgan fingerprint density at radius 2 is 1.89 bits per heavy atom. The number of allylic oxidation sites excluding steroid dienone is 2. The van der Waals surface area contributed by atoms with Crippen molar-refractivity contribution in [3.63, 3.8) is 0 Å². The quantitative estimate of drug-likeness (QED) is 0.491. The second-order valence-electron chi connectivity index (χ2n) is 8.91. The molecule has 3 aromatic rings. The number of halogens is 2. The van der Waals surface area contributed by atoms with Gasteiger partial charge in [-0.25, -0.2) is 14.4 Å². The summed E-state index contributed by atoms with van der Waals surface area (Å²) in [4.78, 5) is 19.6. The molecule has 1 radical (unpaired) electrons. The largest absolute Gasteiger partial charge is 0.487 e. The van der Waals surface area contributed by atoms with Crippen molar-refractivity contribution in [3.05, 3.63) is 87.7 Å². The summed E-state index contributed by atoms with van der Waals surface area (Å²) in [5.41, 5.74) is 3.64. The van der Waals surface area contributed by atoms with E-state index in [1.54, 1.807) is 58.9 Å². The van der Waals surface area contributed by atoms with Gasteiger partial charge in [-0.15, -0.1) is 0 Å². The summed E-state index contributed by atoms with van der Waals surface area (Å²) in [7, 11) is 1.75. The molecule has 0 saturated heterocycles. The van der Waals surface area contributed by atoms with Gasteiger partial charge in [-0.1, -0.05) is 11.6 Å². The molecule has 4 rings (SSSR count). The molecule has 0 aromatic carbocycles. The first-order valence-electron chi connectivity index (χ1n) is 11.0. The van der Waals surface area contributed by atoms with E-state index < -0.39 is 11.4 Å². The third-order valence-electron chi connectivity index (χ3n) is 5.42. The fourth-order valence-corrected chi connectivity index (χ4v) is 3.71. The number of rotatable bonds is 6. The molecule has 4 heterocycles. The van der Waals surface area contributed by atoms with Crippen LogP contribution in [0, 0.1) is 19.7 Å². The number of hydrogen-bond acceptors (Lipinski definition) is 7. The molecule has 0 saturated carbocycles. The van der Waals surface area contributed by atoms with Crippen molar-refractivity contribution < 1.29 is 14.2 Å². The summed E-state index contributed by atoms with van der Waals surface area (Å²) >= 11 is 6.54. The van der Waals surface area contributed by atoms with Gasteiger partial charge in [-0.2, -0.15) is 0 Å². The van der Waals surface area contributed by atoms with Crippen LogP contribution in [0.25, 0.3) is 11.4 Å². The van der Waals surface area contributed by atoms with Gasteiger partial charge in [0, 0.05) is 34.9 Å². The van der Waals surface area contributed by atoms with Crippen molar-refractivity contribution >= 4 is 24.7 Å². The molecule has 0 unspecified atom stereocenters. The topological polar surface area (TPSA) is 84.3 Å². The molecule has 0 fully saturated rings. The fourth-order valence-electron chi connectivity index (χ4n) is 3.50.